The van der Waals surface area contributed by atoms with Gasteiger partial charge >= 0.3 is 5.97 Å². The average Bonchev–Trinajstić information content (AvgIpc) is 2.52. The molecular weight excluding hydrogens is 284 g/mol. The molecule has 0 amide bonds. The van der Waals surface area contributed by atoms with Crippen LogP contribution in [0.4, 0.5) is 11.6 Å². The SMILES string of the molecule is CC(O)CNc1cc(NCc2ccc(C(=O)O)cc2)ncn1. The van der Waals surface area contributed by atoms with E-state index in [0.717, 1.165) is 5.56 Å². The van der Waals surface area contributed by atoms with Gasteiger partial charge in [0.05, 0.1) is 11.7 Å². The molecule has 7 heteroatoms. The van der Waals surface area contributed by atoms with Gasteiger partial charge in [-0.2, -0.15) is 0 Å². The van der Waals surface area contributed by atoms with Crippen molar-refractivity contribution in [1.29, 1.82) is 0 Å². The summed E-state index contributed by atoms with van der Waals surface area (Å²) in [6.07, 6.45) is 0.972. The zero-order valence-electron chi connectivity index (χ0n) is 12.2. The van der Waals surface area contributed by atoms with Crippen molar-refractivity contribution >= 4 is 17.6 Å². The Bertz CT molecular complexity index is 629. The molecular formula is C15H18N4O3. The smallest absolute Gasteiger partial charge is 0.335 e. The van der Waals surface area contributed by atoms with Gasteiger partial charge in [0.2, 0.25) is 0 Å². The average molecular weight is 302 g/mol. The molecule has 22 heavy (non-hydrogen) atoms. The Balaban J connectivity index is 1.93. The number of aromatic carboxylic acids is 1. The van der Waals surface area contributed by atoms with Crippen LogP contribution in [0.5, 0.6) is 0 Å². The minimum atomic E-state index is -0.941. The molecule has 0 bridgehead atoms. The van der Waals surface area contributed by atoms with Crippen LogP contribution in [0.1, 0.15) is 22.8 Å². The van der Waals surface area contributed by atoms with Crippen LogP contribution in [0, 0.1) is 0 Å². The second kappa shape index (κ2) is 7.37. The Labute approximate surface area is 128 Å². The highest BCUT2D eigenvalue weighted by atomic mass is 16.4. The van der Waals surface area contributed by atoms with Gasteiger partial charge in [0.15, 0.2) is 0 Å². The van der Waals surface area contributed by atoms with E-state index in [0.29, 0.717) is 24.7 Å². The molecule has 0 saturated heterocycles. The fraction of sp³-hybridized carbons (Fsp3) is 0.267. The first-order chi connectivity index (χ1) is 10.5. The third-order valence-electron chi connectivity index (χ3n) is 2.92. The summed E-state index contributed by atoms with van der Waals surface area (Å²) in [5.41, 5.74) is 1.21. The van der Waals surface area contributed by atoms with E-state index < -0.39 is 12.1 Å². The van der Waals surface area contributed by atoms with E-state index in [-0.39, 0.29) is 5.56 Å². The Morgan fingerprint density at radius 1 is 1.18 bits per heavy atom. The summed E-state index contributed by atoms with van der Waals surface area (Å²) in [7, 11) is 0. The lowest BCUT2D eigenvalue weighted by Crippen LogP contribution is -2.16. The largest absolute Gasteiger partial charge is 0.478 e. The number of hydrogen-bond acceptors (Lipinski definition) is 6. The van der Waals surface area contributed by atoms with Gasteiger partial charge < -0.3 is 20.8 Å². The fourth-order valence-corrected chi connectivity index (χ4v) is 1.76. The van der Waals surface area contributed by atoms with E-state index in [1.54, 1.807) is 37.3 Å². The number of aromatic nitrogens is 2. The predicted octanol–water partition coefficient (Wildman–Crippen LogP) is 1.58. The van der Waals surface area contributed by atoms with Crippen LogP contribution < -0.4 is 10.6 Å². The van der Waals surface area contributed by atoms with Gasteiger partial charge in [-0.25, -0.2) is 14.8 Å². The van der Waals surface area contributed by atoms with E-state index in [1.807, 2.05) is 0 Å². The lowest BCUT2D eigenvalue weighted by atomic mass is 10.1. The second-order valence-electron chi connectivity index (χ2n) is 4.87. The highest BCUT2D eigenvalue weighted by molar-refractivity contribution is 5.87. The van der Waals surface area contributed by atoms with Crippen molar-refractivity contribution in [3.8, 4) is 0 Å². The Kier molecular flexibility index (Phi) is 5.26. The third kappa shape index (κ3) is 4.71. The molecule has 2 aromatic rings. The first-order valence-electron chi connectivity index (χ1n) is 6.84. The molecule has 4 N–H and O–H groups in total. The van der Waals surface area contributed by atoms with E-state index in [4.69, 9.17) is 5.11 Å². The van der Waals surface area contributed by atoms with Gasteiger partial charge in [-0.3, -0.25) is 0 Å². The van der Waals surface area contributed by atoms with Crippen LogP contribution in [-0.4, -0.2) is 38.8 Å². The summed E-state index contributed by atoms with van der Waals surface area (Å²) >= 11 is 0. The lowest BCUT2D eigenvalue weighted by Gasteiger charge is -2.10. The maximum absolute atomic E-state index is 10.8. The zero-order valence-corrected chi connectivity index (χ0v) is 12.2. The van der Waals surface area contributed by atoms with Crippen molar-refractivity contribution in [2.24, 2.45) is 0 Å². The number of aliphatic hydroxyl groups excluding tert-OH is 1. The molecule has 0 spiro atoms. The summed E-state index contributed by atoms with van der Waals surface area (Å²) in [5, 5.41) is 24.2. The summed E-state index contributed by atoms with van der Waals surface area (Å²) in [4.78, 5) is 18.9. The molecule has 0 saturated carbocycles. The van der Waals surface area contributed by atoms with Crippen molar-refractivity contribution in [2.75, 3.05) is 17.2 Å². The predicted molar refractivity (Wildman–Crippen MR) is 82.9 cm³/mol. The minimum Gasteiger partial charge on any atom is -0.478 e. The molecule has 116 valence electrons. The fourth-order valence-electron chi connectivity index (χ4n) is 1.76. The molecule has 0 aliphatic heterocycles. The molecule has 0 fully saturated rings. The summed E-state index contributed by atoms with van der Waals surface area (Å²) in [6, 6.07) is 8.38. The molecule has 1 heterocycles. The van der Waals surface area contributed by atoms with Crippen LogP contribution in [-0.2, 0) is 6.54 Å². The van der Waals surface area contributed by atoms with E-state index in [1.165, 1.54) is 6.33 Å². The highest BCUT2D eigenvalue weighted by Gasteiger charge is 2.03. The van der Waals surface area contributed by atoms with Gasteiger partial charge in [0, 0.05) is 19.2 Å². The van der Waals surface area contributed by atoms with Crippen molar-refractivity contribution in [1.82, 2.24) is 9.97 Å². The number of benzene rings is 1. The number of carboxylic acids is 1. The molecule has 1 atom stereocenters. The molecule has 0 radical (unpaired) electrons. The van der Waals surface area contributed by atoms with Crippen molar-refractivity contribution < 1.29 is 15.0 Å². The standard InChI is InChI=1S/C15H18N4O3/c1-10(20)7-16-13-6-14(19-9-18-13)17-8-11-2-4-12(5-3-11)15(21)22/h2-6,9-10,20H,7-8H2,1H3,(H,21,22)(H2,16,17,18,19). The Morgan fingerprint density at radius 3 is 2.41 bits per heavy atom. The van der Waals surface area contributed by atoms with Gasteiger partial charge in [0.25, 0.3) is 0 Å². The molecule has 7 nitrogen and oxygen atoms in total. The van der Waals surface area contributed by atoms with E-state index in [2.05, 4.69) is 20.6 Å². The highest BCUT2D eigenvalue weighted by Crippen LogP contribution is 2.11. The van der Waals surface area contributed by atoms with Gasteiger partial charge in [-0.05, 0) is 24.6 Å². The molecule has 2 rings (SSSR count). The number of nitrogens with zero attached hydrogens (tertiary/aromatic N) is 2. The molecule has 0 aliphatic rings. The maximum Gasteiger partial charge on any atom is 0.335 e. The maximum atomic E-state index is 10.8. The number of anilines is 2. The van der Waals surface area contributed by atoms with Crippen LogP contribution in [0.15, 0.2) is 36.7 Å². The monoisotopic (exact) mass is 302 g/mol. The van der Waals surface area contributed by atoms with Crippen LogP contribution >= 0.6 is 0 Å². The van der Waals surface area contributed by atoms with E-state index >= 15 is 0 Å². The van der Waals surface area contributed by atoms with Crippen molar-refractivity contribution in [2.45, 2.75) is 19.6 Å². The summed E-state index contributed by atoms with van der Waals surface area (Å²) < 4.78 is 0. The molecule has 1 aromatic heterocycles. The van der Waals surface area contributed by atoms with Gasteiger partial charge in [-0.1, -0.05) is 12.1 Å². The van der Waals surface area contributed by atoms with Crippen LogP contribution in [0.3, 0.4) is 0 Å². The van der Waals surface area contributed by atoms with Gasteiger partial charge in [0.1, 0.15) is 18.0 Å². The second-order valence-corrected chi connectivity index (χ2v) is 4.87. The number of hydrogen-bond donors (Lipinski definition) is 4. The first-order valence-corrected chi connectivity index (χ1v) is 6.84. The number of carboxylic acid groups (broad SMARTS) is 1. The molecule has 1 aromatic carbocycles. The lowest BCUT2D eigenvalue weighted by molar-refractivity contribution is 0.0697. The normalized spacial score (nSPS) is 11.7. The van der Waals surface area contributed by atoms with Crippen LogP contribution in [0.2, 0.25) is 0 Å². The molecule has 1 unspecified atom stereocenters. The van der Waals surface area contributed by atoms with Crippen LogP contribution in [0.25, 0.3) is 0 Å². The number of aliphatic hydroxyl groups is 1. The Hall–Kier alpha value is -2.67. The number of nitrogens with one attached hydrogen (secondary N) is 2. The quantitative estimate of drug-likeness (QED) is 0.615. The number of rotatable bonds is 7. The minimum absolute atomic E-state index is 0.260. The van der Waals surface area contributed by atoms with Crippen molar-refractivity contribution in [3.05, 3.63) is 47.8 Å². The molecule has 0 aliphatic carbocycles. The van der Waals surface area contributed by atoms with Gasteiger partial charge in [-0.15, -0.1) is 0 Å². The third-order valence-corrected chi connectivity index (χ3v) is 2.92. The van der Waals surface area contributed by atoms with E-state index in [9.17, 15) is 9.90 Å². The first kappa shape index (κ1) is 15.7. The zero-order chi connectivity index (χ0) is 15.9. The Morgan fingerprint density at radius 2 is 1.82 bits per heavy atom. The topological polar surface area (TPSA) is 107 Å². The number of carbonyl (C=O) groups is 1. The summed E-state index contributed by atoms with van der Waals surface area (Å²) in [5.74, 6) is 0.328. The summed E-state index contributed by atoms with van der Waals surface area (Å²) in [6.45, 7) is 2.62. The van der Waals surface area contributed by atoms with Crippen molar-refractivity contribution in [3.63, 3.8) is 0 Å².